The molecular formula is C17H23N3O2S. The van der Waals surface area contributed by atoms with Gasteiger partial charge < -0.3 is 5.32 Å². The van der Waals surface area contributed by atoms with Gasteiger partial charge in [-0.2, -0.15) is 4.31 Å². The normalized spacial score (nSPS) is 19.5. The van der Waals surface area contributed by atoms with Gasteiger partial charge in [0.05, 0.1) is 5.52 Å². The number of rotatable bonds is 4. The van der Waals surface area contributed by atoms with E-state index in [1.165, 1.54) is 0 Å². The molecule has 1 aliphatic rings. The van der Waals surface area contributed by atoms with Crippen LogP contribution in [0.1, 0.15) is 17.5 Å². The number of aryl methyl sites for hydroxylation is 2. The third-order valence-corrected chi connectivity index (χ3v) is 6.62. The van der Waals surface area contributed by atoms with E-state index in [2.05, 4.69) is 10.3 Å². The van der Waals surface area contributed by atoms with Crippen LogP contribution in [-0.2, 0) is 10.0 Å². The number of hydrogen-bond acceptors (Lipinski definition) is 4. The minimum atomic E-state index is -3.52. The molecule has 1 aromatic heterocycles. The predicted molar refractivity (Wildman–Crippen MR) is 92.0 cm³/mol. The van der Waals surface area contributed by atoms with Crippen molar-refractivity contribution in [2.45, 2.75) is 25.2 Å². The smallest absolute Gasteiger partial charge is 0.245 e. The lowest BCUT2D eigenvalue weighted by Crippen LogP contribution is -2.31. The Balaban J connectivity index is 2.09. The molecule has 124 valence electrons. The molecule has 0 amide bonds. The minimum absolute atomic E-state index is 0.365. The average molecular weight is 333 g/mol. The number of pyridine rings is 1. The van der Waals surface area contributed by atoms with E-state index in [9.17, 15) is 8.42 Å². The van der Waals surface area contributed by atoms with Gasteiger partial charge >= 0.3 is 0 Å². The second kappa shape index (κ2) is 6.19. The average Bonchev–Trinajstić information content (AvgIpc) is 2.97. The molecule has 5 nitrogen and oxygen atoms in total. The first-order valence-electron chi connectivity index (χ1n) is 7.95. The van der Waals surface area contributed by atoms with E-state index in [4.69, 9.17) is 0 Å². The maximum absolute atomic E-state index is 13.2. The minimum Gasteiger partial charge on any atom is -0.319 e. The largest absolute Gasteiger partial charge is 0.319 e. The fourth-order valence-electron chi connectivity index (χ4n) is 3.48. The number of hydrogen-bond donors (Lipinski definition) is 1. The third kappa shape index (κ3) is 2.86. The maximum Gasteiger partial charge on any atom is 0.245 e. The van der Waals surface area contributed by atoms with Gasteiger partial charge in [-0.3, -0.25) is 4.98 Å². The van der Waals surface area contributed by atoms with E-state index < -0.39 is 10.0 Å². The number of nitrogens with one attached hydrogen (secondary N) is 1. The van der Waals surface area contributed by atoms with Gasteiger partial charge in [0.1, 0.15) is 4.90 Å². The summed E-state index contributed by atoms with van der Waals surface area (Å²) in [5, 5.41) is 4.04. The summed E-state index contributed by atoms with van der Waals surface area (Å²) in [6, 6.07) is 5.72. The van der Waals surface area contributed by atoms with Crippen LogP contribution in [-0.4, -0.2) is 44.4 Å². The van der Waals surface area contributed by atoms with E-state index in [0.717, 1.165) is 29.5 Å². The van der Waals surface area contributed by atoms with Crippen molar-refractivity contribution in [1.29, 1.82) is 0 Å². The molecule has 0 aliphatic carbocycles. The highest BCUT2D eigenvalue weighted by Crippen LogP contribution is 2.32. The first kappa shape index (κ1) is 16.4. The maximum atomic E-state index is 13.2. The summed E-state index contributed by atoms with van der Waals surface area (Å²) < 4.78 is 28.0. The third-order valence-electron chi connectivity index (χ3n) is 4.58. The second-order valence-electron chi connectivity index (χ2n) is 6.31. The Kier molecular flexibility index (Phi) is 4.40. The Morgan fingerprint density at radius 2 is 2.13 bits per heavy atom. The molecule has 1 aliphatic heterocycles. The molecule has 1 saturated heterocycles. The standard InChI is InChI=1S/C17H23N3O2S/c1-12-9-13(2)17(16-15(12)5-4-7-19-16)23(21,22)20-8-6-14(11-20)10-18-3/h4-5,7,9,14,18H,6,8,10-11H2,1-3H3. The number of aromatic nitrogens is 1. The molecule has 1 unspecified atom stereocenters. The van der Waals surface area contributed by atoms with Crippen LogP contribution in [0.4, 0.5) is 0 Å². The highest BCUT2D eigenvalue weighted by atomic mass is 32.2. The quantitative estimate of drug-likeness (QED) is 0.930. The van der Waals surface area contributed by atoms with Crippen molar-refractivity contribution in [3.05, 3.63) is 35.5 Å². The molecule has 2 heterocycles. The van der Waals surface area contributed by atoms with E-state index in [-0.39, 0.29) is 0 Å². The van der Waals surface area contributed by atoms with E-state index in [1.807, 2.05) is 39.1 Å². The van der Waals surface area contributed by atoms with Crippen LogP contribution in [0.25, 0.3) is 10.9 Å². The lowest BCUT2D eigenvalue weighted by Gasteiger charge is -2.20. The summed E-state index contributed by atoms with van der Waals surface area (Å²) in [5.74, 6) is 0.375. The summed E-state index contributed by atoms with van der Waals surface area (Å²) in [6.45, 7) is 5.85. The predicted octanol–water partition coefficient (Wildman–Crippen LogP) is 2.08. The zero-order valence-corrected chi connectivity index (χ0v) is 14.7. The zero-order chi connectivity index (χ0) is 16.6. The highest BCUT2D eigenvalue weighted by molar-refractivity contribution is 7.89. The van der Waals surface area contributed by atoms with Crippen molar-refractivity contribution in [3.63, 3.8) is 0 Å². The van der Waals surface area contributed by atoms with Gasteiger partial charge in [0, 0.05) is 24.7 Å². The fourth-order valence-corrected chi connectivity index (χ4v) is 5.37. The molecule has 1 fully saturated rings. The molecule has 1 N–H and O–H groups in total. The van der Waals surface area contributed by atoms with E-state index in [1.54, 1.807) is 10.5 Å². The summed E-state index contributed by atoms with van der Waals surface area (Å²) in [6.07, 6.45) is 2.56. The van der Waals surface area contributed by atoms with Gasteiger partial charge in [0.2, 0.25) is 10.0 Å². The summed E-state index contributed by atoms with van der Waals surface area (Å²) in [4.78, 5) is 4.74. The van der Waals surface area contributed by atoms with Gasteiger partial charge in [-0.05, 0) is 57.0 Å². The van der Waals surface area contributed by atoms with Crippen LogP contribution in [0.2, 0.25) is 0 Å². The van der Waals surface area contributed by atoms with Crippen LogP contribution in [0.5, 0.6) is 0 Å². The number of fused-ring (bicyclic) bond motifs is 1. The lowest BCUT2D eigenvalue weighted by atomic mass is 10.1. The Morgan fingerprint density at radius 1 is 1.35 bits per heavy atom. The van der Waals surface area contributed by atoms with Gasteiger partial charge in [0.15, 0.2) is 0 Å². The van der Waals surface area contributed by atoms with Gasteiger partial charge in [-0.1, -0.05) is 12.1 Å². The van der Waals surface area contributed by atoms with Gasteiger partial charge in [-0.25, -0.2) is 8.42 Å². The Morgan fingerprint density at radius 3 is 2.87 bits per heavy atom. The van der Waals surface area contributed by atoms with Gasteiger partial charge in [-0.15, -0.1) is 0 Å². The lowest BCUT2D eigenvalue weighted by molar-refractivity contribution is 0.451. The van der Waals surface area contributed by atoms with Crippen LogP contribution >= 0.6 is 0 Å². The first-order chi connectivity index (χ1) is 10.9. The molecule has 1 aromatic carbocycles. The molecular weight excluding hydrogens is 310 g/mol. The molecule has 0 bridgehead atoms. The van der Waals surface area contributed by atoms with Crippen molar-refractivity contribution in [2.24, 2.45) is 5.92 Å². The van der Waals surface area contributed by atoms with Crippen molar-refractivity contribution in [3.8, 4) is 0 Å². The molecule has 0 radical (unpaired) electrons. The van der Waals surface area contributed by atoms with E-state index >= 15 is 0 Å². The monoisotopic (exact) mass is 333 g/mol. The molecule has 23 heavy (non-hydrogen) atoms. The zero-order valence-electron chi connectivity index (χ0n) is 13.8. The topological polar surface area (TPSA) is 62.3 Å². The Bertz CT molecular complexity index is 833. The molecule has 3 rings (SSSR count). The van der Waals surface area contributed by atoms with Crippen LogP contribution in [0, 0.1) is 19.8 Å². The van der Waals surface area contributed by atoms with Crippen LogP contribution in [0.15, 0.2) is 29.3 Å². The van der Waals surface area contributed by atoms with Crippen molar-refractivity contribution in [1.82, 2.24) is 14.6 Å². The SMILES string of the molecule is CNCC1CCN(S(=O)(=O)c2c(C)cc(C)c3cccnc23)C1. The first-order valence-corrected chi connectivity index (χ1v) is 9.39. The van der Waals surface area contributed by atoms with Crippen LogP contribution < -0.4 is 5.32 Å². The fraction of sp³-hybridized carbons (Fsp3) is 0.471. The summed E-state index contributed by atoms with van der Waals surface area (Å²) in [5.41, 5.74) is 2.41. The highest BCUT2D eigenvalue weighted by Gasteiger charge is 2.34. The van der Waals surface area contributed by atoms with Crippen molar-refractivity contribution in [2.75, 3.05) is 26.7 Å². The molecule has 6 heteroatoms. The number of benzene rings is 1. The van der Waals surface area contributed by atoms with Crippen molar-refractivity contribution < 1.29 is 8.42 Å². The molecule has 0 saturated carbocycles. The summed E-state index contributed by atoms with van der Waals surface area (Å²) in [7, 11) is -1.62. The van der Waals surface area contributed by atoms with Crippen LogP contribution in [0.3, 0.4) is 0 Å². The molecule has 0 spiro atoms. The van der Waals surface area contributed by atoms with Gasteiger partial charge in [0.25, 0.3) is 0 Å². The second-order valence-corrected chi connectivity index (χ2v) is 8.19. The Hall–Kier alpha value is -1.50. The Labute approximate surface area is 137 Å². The van der Waals surface area contributed by atoms with E-state index in [0.29, 0.717) is 29.4 Å². The molecule has 1 atom stereocenters. The number of sulfonamides is 1. The number of nitrogens with zero attached hydrogens (tertiary/aromatic N) is 2. The van der Waals surface area contributed by atoms with Crippen molar-refractivity contribution >= 4 is 20.9 Å². The summed E-state index contributed by atoms with van der Waals surface area (Å²) >= 11 is 0. The molecule has 2 aromatic rings.